The Bertz CT molecular complexity index is 535. The van der Waals surface area contributed by atoms with Crippen LogP contribution in [-0.2, 0) is 0 Å². The Morgan fingerprint density at radius 2 is 1.62 bits per heavy atom. The number of nitrogens with zero attached hydrogens (tertiary/aromatic N) is 1. The molecule has 3 rings (SSSR count). The molecule has 146 valence electrons. The third-order valence-corrected chi connectivity index (χ3v) is 11.6. The zero-order valence-corrected chi connectivity index (χ0v) is 19.8. The topological polar surface area (TPSA) is 3.24 Å². The van der Waals surface area contributed by atoms with E-state index in [-0.39, 0.29) is 0 Å². The smallest absolute Gasteiger partial charge is 0.258 e. The van der Waals surface area contributed by atoms with Gasteiger partial charge in [0.05, 0.1) is 0 Å². The molecule has 26 heavy (non-hydrogen) atoms. The molecule has 1 atom stereocenters. The van der Waals surface area contributed by atoms with Crippen molar-refractivity contribution in [2.24, 2.45) is 0 Å². The summed E-state index contributed by atoms with van der Waals surface area (Å²) < 4.78 is -0.556. The van der Waals surface area contributed by atoms with Gasteiger partial charge in [-0.1, -0.05) is 81.5 Å². The first-order valence-electron chi connectivity index (χ1n) is 10.3. The molecular weight excluding hydrogens is 376 g/mol. The van der Waals surface area contributed by atoms with Crippen LogP contribution in [0.3, 0.4) is 0 Å². The van der Waals surface area contributed by atoms with Crippen molar-refractivity contribution < 1.29 is 0 Å². The van der Waals surface area contributed by atoms with E-state index < -0.39 is 12.4 Å². The lowest BCUT2D eigenvalue weighted by Gasteiger charge is -2.39. The quantitative estimate of drug-likeness (QED) is 0.410. The van der Waals surface area contributed by atoms with Crippen LogP contribution in [0.5, 0.6) is 0 Å². The van der Waals surface area contributed by atoms with E-state index in [0.717, 1.165) is 11.0 Å². The first-order chi connectivity index (χ1) is 12.1. The summed E-state index contributed by atoms with van der Waals surface area (Å²) in [6.45, 7) is 14.4. The molecule has 2 aliphatic rings. The van der Waals surface area contributed by atoms with Crippen molar-refractivity contribution >= 4 is 43.6 Å². The fraction of sp³-hybridized carbons (Fsp3) is 0.714. The molecule has 0 bridgehead atoms. The van der Waals surface area contributed by atoms with E-state index in [1.807, 2.05) is 0 Å². The average molecular weight is 412 g/mol. The van der Waals surface area contributed by atoms with Gasteiger partial charge in [0.25, 0.3) is 6.85 Å². The van der Waals surface area contributed by atoms with Crippen molar-refractivity contribution in [1.82, 2.24) is 4.81 Å². The molecule has 1 heterocycles. The van der Waals surface area contributed by atoms with Crippen LogP contribution < -0.4 is 5.46 Å². The van der Waals surface area contributed by atoms with E-state index in [9.17, 15) is 0 Å². The third kappa shape index (κ3) is 6.02. The lowest BCUT2D eigenvalue weighted by atomic mass is 9.53. The summed E-state index contributed by atoms with van der Waals surface area (Å²) in [6, 6.07) is 11.3. The van der Waals surface area contributed by atoms with Crippen LogP contribution >= 0.6 is 23.2 Å². The lowest BCUT2D eigenvalue weighted by molar-refractivity contribution is 0.495. The maximum Gasteiger partial charge on any atom is 0.258 e. The molecule has 2 fully saturated rings. The van der Waals surface area contributed by atoms with Gasteiger partial charge in [0, 0.05) is 8.07 Å². The Labute approximate surface area is 172 Å². The number of alkyl halides is 2. The fourth-order valence-corrected chi connectivity index (χ4v) is 9.65. The molecule has 0 radical (unpaired) electrons. The minimum absolute atomic E-state index is 0.556. The van der Waals surface area contributed by atoms with Crippen LogP contribution in [0.25, 0.3) is 0 Å². The Morgan fingerprint density at radius 1 is 1.08 bits per heavy atom. The summed E-state index contributed by atoms with van der Waals surface area (Å²) in [6.07, 6.45) is 7.44. The highest BCUT2D eigenvalue weighted by Gasteiger charge is 2.50. The Balaban J connectivity index is 0.000000431. The van der Waals surface area contributed by atoms with Crippen molar-refractivity contribution in [2.45, 2.75) is 81.3 Å². The molecule has 1 unspecified atom stereocenters. The number of halogens is 2. The van der Waals surface area contributed by atoms with Gasteiger partial charge in [-0.15, -0.1) is 23.2 Å². The summed E-state index contributed by atoms with van der Waals surface area (Å²) in [4.78, 5) is 2.74. The standard InChI is InChI=1S/C18H30BNSi.C3H6Cl2/c1-4-20-15-14-18(19(20)16-10-6-5-7-11-16)21(2,3)17-12-8-9-13-17;1-3(2,4)5/h5-7,10-11,17-18H,4,8-9,12-15H2,1-3H3;1-2H3. The van der Waals surface area contributed by atoms with Crippen molar-refractivity contribution in [1.29, 1.82) is 0 Å². The van der Waals surface area contributed by atoms with E-state index in [1.165, 1.54) is 45.2 Å². The molecule has 1 saturated heterocycles. The third-order valence-electron chi connectivity index (χ3n) is 6.41. The molecule has 1 aliphatic carbocycles. The molecule has 0 aromatic heterocycles. The van der Waals surface area contributed by atoms with Crippen LogP contribution in [0.1, 0.15) is 52.9 Å². The fourth-order valence-electron chi connectivity index (χ4n) is 5.06. The zero-order valence-electron chi connectivity index (χ0n) is 17.3. The Morgan fingerprint density at radius 3 is 2.12 bits per heavy atom. The predicted molar refractivity (Wildman–Crippen MR) is 123 cm³/mol. The molecule has 0 amide bonds. The van der Waals surface area contributed by atoms with E-state index >= 15 is 0 Å². The second kappa shape index (κ2) is 9.50. The first-order valence-corrected chi connectivity index (χ1v) is 14.2. The SMILES string of the molecule is CC(C)(Cl)Cl.CCN1CCC([Si](C)(C)C2CCCC2)B1c1ccccc1. The van der Waals surface area contributed by atoms with Crippen molar-refractivity contribution in [3.63, 3.8) is 0 Å². The minimum atomic E-state index is -1.18. The van der Waals surface area contributed by atoms with Gasteiger partial charge >= 0.3 is 0 Å². The number of hydrogen-bond donors (Lipinski definition) is 0. The average Bonchev–Trinajstić information content (AvgIpc) is 3.24. The molecule has 1 aliphatic heterocycles. The minimum Gasteiger partial charge on any atom is -0.338 e. The second-order valence-corrected chi connectivity index (χ2v) is 16.3. The number of benzene rings is 1. The van der Waals surface area contributed by atoms with Gasteiger partial charge in [0.15, 0.2) is 0 Å². The summed E-state index contributed by atoms with van der Waals surface area (Å²) in [7, 11) is -1.18. The summed E-state index contributed by atoms with van der Waals surface area (Å²) >= 11 is 10.6. The zero-order chi connectivity index (χ0) is 19.4. The normalized spacial score (nSPS) is 22.4. The highest BCUT2D eigenvalue weighted by Crippen LogP contribution is 2.48. The number of hydrogen-bond acceptors (Lipinski definition) is 1. The molecule has 1 aromatic rings. The lowest BCUT2D eigenvalue weighted by Crippen LogP contribution is -2.53. The van der Waals surface area contributed by atoms with Gasteiger partial charge in [0.2, 0.25) is 0 Å². The molecule has 1 nitrogen and oxygen atoms in total. The van der Waals surface area contributed by atoms with Crippen LogP contribution in [0.4, 0.5) is 0 Å². The van der Waals surface area contributed by atoms with Crippen LogP contribution in [0.15, 0.2) is 30.3 Å². The maximum absolute atomic E-state index is 5.30. The highest BCUT2D eigenvalue weighted by atomic mass is 35.5. The molecule has 5 heteroatoms. The highest BCUT2D eigenvalue weighted by molar-refractivity contribution is 6.95. The van der Waals surface area contributed by atoms with Crippen molar-refractivity contribution in [3.8, 4) is 0 Å². The largest absolute Gasteiger partial charge is 0.338 e. The van der Waals surface area contributed by atoms with Crippen LogP contribution in [0, 0.1) is 0 Å². The first kappa shape index (κ1) is 22.3. The molecule has 0 spiro atoms. The van der Waals surface area contributed by atoms with Crippen molar-refractivity contribution in [3.05, 3.63) is 30.3 Å². The summed E-state index contributed by atoms with van der Waals surface area (Å²) in [5.74, 6) is 0. The van der Waals surface area contributed by atoms with Gasteiger partial charge in [-0.2, -0.15) is 0 Å². The van der Waals surface area contributed by atoms with Gasteiger partial charge < -0.3 is 4.81 Å². The molecule has 0 N–H and O–H groups in total. The van der Waals surface area contributed by atoms with Crippen LogP contribution in [0.2, 0.25) is 24.1 Å². The summed E-state index contributed by atoms with van der Waals surface area (Å²) in [5.41, 5.74) is 3.59. The van der Waals surface area contributed by atoms with E-state index in [1.54, 1.807) is 19.3 Å². The number of rotatable bonds is 4. The van der Waals surface area contributed by atoms with Gasteiger partial charge in [0.1, 0.15) is 4.33 Å². The van der Waals surface area contributed by atoms with Gasteiger partial charge in [-0.25, -0.2) is 0 Å². The molecular formula is C21H36BCl2NSi. The van der Waals surface area contributed by atoms with Gasteiger partial charge in [-0.05, 0) is 44.3 Å². The van der Waals surface area contributed by atoms with E-state index in [2.05, 4.69) is 55.2 Å². The second-order valence-electron chi connectivity index (χ2n) is 9.01. The molecule has 1 aromatic carbocycles. The monoisotopic (exact) mass is 411 g/mol. The van der Waals surface area contributed by atoms with E-state index in [0.29, 0.717) is 6.85 Å². The predicted octanol–water partition coefficient (Wildman–Crippen LogP) is 6.37. The van der Waals surface area contributed by atoms with Crippen molar-refractivity contribution in [2.75, 3.05) is 13.1 Å². The van der Waals surface area contributed by atoms with E-state index in [4.69, 9.17) is 23.2 Å². The summed E-state index contributed by atoms with van der Waals surface area (Å²) in [5, 5.41) is 0. The molecule has 1 saturated carbocycles. The van der Waals surface area contributed by atoms with Crippen LogP contribution in [-0.4, -0.2) is 37.2 Å². The Hall–Kier alpha value is 0.0418. The van der Waals surface area contributed by atoms with Gasteiger partial charge in [-0.3, -0.25) is 0 Å². The Kier molecular flexibility index (Phi) is 8.16. The maximum atomic E-state index is 5.30.